The van der Waals surface area contributed by atoms with E-state index in [0.717, 1.165) is 0 Å². The highest BCUT2D eigenvalue weighted by Gasteiger charge is 2.07. The highest BCUT2D eigenvalue weighted by molar-refractivity contribution is 5.78. The maximum atomic E-state index is 13.5. The number of hydrogen-bond donors (Lipinski definition) is 0. The number of carbonyl (C=O) groups excluding carboxylic acids is 1. The van der Waals surface area contributed by atoms with Crippen LogP contribution < -0.4 is 0 Å². The van der Waals surface area contributed by atoms with Crippen molar-refractivity contribution in [2.75, 3.05) is 0 Å². The molecule has 2 aromatic rings. The zero-order valence-corrected chi connectivity index (χ0v) is 8.85. The Morgan fingerprint density at radius 1 is 1.18 bits per heavy atom. The summed E-state index contributed by atoms with van der Waals surface area (Å²) < 4.78 is 13.5. The third kappa shape index (κ3) is 2.06. The van der Waals surface area contributed by atoms with Crippen LogP contribution in [-0.4, -0.2) is 6.29 Å². The van der Waals surface area contributed by atoms with Crippen LogP contribution in [0, 0.1) is 17.1 Å². The first-order chi connectivity index (χ1) is 8.26. The van der Waals surface area contributed by atoms with Crippen molar-refractivity contribution < 1.29 is 9.18 Å². The summed E-state index contributed by atoms with van der Waals surface area (Å²) >= 11 is 0. The van der Waals surface area contributed by atoms with Gasteiger partial charge in [0.1, 0.15) is 5.82 Å². The predicted octanol–water partition coefficient (Wildman–Crippen LogP) is 3.18. The van der Waals surface area contributed by atoms with E-state index in [2.05, 4.69) is 6.07 Å². The zero-order valence-electron chi connectivity index (χ0n) is 8.85. The van der Waals surface area contributed by atoms with Crippen LogP contribution >= 0.6 is 0 Å². The van der Waals surface area contributed by atoms with Crippen LogP contribution in [0.1, 0.15) is 15.9 Å². The lowest BCUT2D eigenvalue weighted by molar-refractivity contribution is 0.112. The fraction of sp³-hybridized carbons (Fsp3) is 0. The lowest BCUT2D eigenvalue weighted by atomic mass is 9.99. The van der Waals surface area contributed by atoms with E-state index < -0.39 is 5.82 Å². The van der Waals surface area contributed by atoms with Crippen LogP contribution in [0.15, 0.2) is 42.5 Å². The van der Waals surface area contributed by atoms with Gasteiger partial charge in [-0.15, -0.1) is 0 Å². The Morgan fingerprint density at radius 3 is 2.59 bits per heavy atom. The molecule has 3 heteroatoms. The highest BCUT2D eigenvalue weighted by Crippen LogP contribution is 2.24. The van der Waals surface area contributed by atoms with Gasteiger partial charge >= 0.3 is 0 Å². The molecule has 2 aromatic carbocycles. The fourth-order valence-electron chi connectivity index (χ4n) is 1.62. The third-order valence-electron chi connectivity index (χ3n) is 2.49. The van der Waals surface area contributed by atoms with E-state index >= 15 is 0 Å². The van der Waals surface area contributed by atoms with Gasteiger partial charge in [0.15, 0.2) is 6.29 Å². The Bertz CT molecular complexity index is 614. The van der Waals surface area contributed by atoms with Crippen molar-refractivity contribution in [3.05, 3.63) is 59.4 Å². The van der Waals surface area contributed by atoms with Gasteiger partial charge in [-0.05, 0) is 29.3 Å². The molecule has 0 spiro atoms. The van der Waals surface area contributed by atoms with Gasteiger partial charge in [-0.1, -0.05) is 24.3 Å². The molecule has 0 unspecified atom stereocenters. The van der Waals surface area contributed by atoms with E-state index in [0.29, 0.717) is 23.0 Å². The van der Waals surface area contributed by atoms with Crippen molar-refractivity contribution in [1.29, 1.82) is 5.26 Å². The Hall–Kier alpha value is -2.47. The summed E-state index contributed by atoms with van der Waals surface area (Å²) in [7, 11) is 0. The second-order valence-electron chi connectivity index (χ2n) is 3.51. The molecular weight excluding hydrogens is 217 g/mol. The van der Waals surface area contributed by atoms with Gasteiger partial charge in [-0.25, -0.2) is 4.39 Å². The first-order valence-electron chi connectivity index (χ1n) is 5.00. The zero-order chi connectivity index (χ0) is 12.3. The summed E-state index contributed by atoms with van der Waals surface area (Å²) in [5, 5.41) is 8.95. The highest BCUT2D eigenvalue weighted by atomic mass is 19.1. The predicted molar refractivity (Wildman–Crippen MR) is 61.9 cm³/mol. The smallest absolute Gasteiger partial charge is 0.152 e. The minimum Gasteiger partial charge on any atom is -0.298 e. The van der Waals surface area contributed by atoms with E-state index in [1.165, 1.54) is 12.1 Å². The van der Waals surface area contributed by atoms with E-state index in [9.17, 15) is 9.18 Å². The van der Waals surface area contributed by atoms with E-state index in [1.807, 2.05) is 0 Å². The monoisotopic (exact) mass is 225 g/mol. The Kier molecular flexibility index (Phi) is 2.97. The normalized spacial score (nSPS) is 9.65. The number of benzene rings is 2. The summed E-state index contributed by atoms with van der Waals surface area (Å²) in [6, 6.07) is 13.3. The topological polar surface area (TPSA) is 40.9 Å². The summed E-state index contributed by atoms with van der Waals surface area (Å²) in [5.41, 5.74) is 1.74. The second kappa shape index (κ2) is 4.58. The van der Waals surface area contributed by atoms with Crippen LogP contribution in [-0.2, 0) is 0 Å². The molecule has 0 N–H and O–H groups in total. The number of carbonyl (C=O) groups is 1. The minimum atomic E-state index is -0.578. The molecule has 0 heterocycles. The lowest BCUT2D eigenvalue weighted by Gasteiger charge is -2.04. The van der Waals surface area contributed by atoms with Gasteiger partial charge in [0, 0.05) is 0 Å². The number of aldehydes is 1. The minimum absolute atomic E-state index is 0.0168. The van der Waals surface area contributed by atoms with Crippen LogP contribution in [0.5, 0.6) is 0 Å². The Balaban J connectivity index is 2.58. The molecule has 17 heavy (non-hydrogen) atoms. The maximum Gasteiger partial charge on any atom is 0.152 e. The average Bonchev–Trinajstić information content (AvgIpc) is 2.38. The van der Waals surface area contributed by atoms with E-state index in [1.54, 1.807) is 30.3 Å². The van der Waals surface area contributed by atoms with Crippen molar-refractivity contribution >= 4 is 6.29 Å². The van der Waals surface area contributed by atoms with Gasteiger partial charge in [0.25, 0.3) is 0 Å². The molecule has 2 rings (SSSR count). The summed E-state index contributed by atoms with van der Waals surface area (Å²) in [6.45, 7) is 0. The number of halogens is 1. The van der Waals surface area contributed by atoms with Crippen molar-refractivity contribution in [2.24, 2.45) is 0 Å². The van der Waals surface area contributed by atoms with E-state index in [4.69, 9.17) is 5.26 Å². The van der Waals surface area contributed by atoms with Crippen LogP contribution in [0.25, 0.3) is 11.1 Å². The van der Waals surface area contributed by atoms with Crippen LogP contribution in [0.3, 0.4) is 0 Å². The molecule has 0 aliphatic rings. The molecule has 2 nitrogen and oxygen atoms in total. The summed E-state index contributed by atoms with van der Waals surface area (Å²) in [6.07, 6.45) is 0.468. The molecule has 0 radical (unpaired) electrons. The summed E-state index contributed by atoms with van der Waals surface area (Å²) in [5.74, 6) is -0.578. The molecule has 0 saturated heterocycles. The van der Waals surface area contributed by atoms with Gasteiger partial charge in [0.2, 0.25) is 0 Å². The van der Waals surface area contributed by atoms with Crippen LogP contribution in [0.4, 0.5) is 4.39 Å². The number of nitriles is 1. The molecule has 0 aliphatic heterocycles. The molecule has 0 aromatic heterocycles. The van der Waals surface area contributed by atoms with Crippen molar-refractivity contribution in [3.63, 3.8) is 0 Å². The molecule has 0 saturated carbocycles. The molecule has 82 valence electrons. The Morgan fingerprint density at radius 2 is 1.94 bits per heavy atom. The van der Waals surface area contributed by atoms with Gasteiger partial charge < -0.3 is 0 Å². The van der Waals surface area contributed by atoms with Crippen molar-refractivity contribution in [3.8, 4) is 17.2 Å². The van der Waals surface area contributed by atoms with Gasteiger partial charge in [0.05, 0.1) is 17.2 Å². The first-order valence-corrected chi connectivity index (χ1v) is 5.00. The van der Waals surface area contributed by atoms with Crippen molar-refractivity contribution in [2.45, 2.75) is 0 Å². The number of hydrogen-bond acceptors (Lipinski definition) is 2. The van der Waals surface area contributed by atoms with Gasteiger partial charge in [-0.3, -0.25) is 4.79 Å². The quantitative estimate of drug-likeness (QED) is 0.736. The number of nitrogens with zero attached hydrogens (tertiary/aromatic N) is 1. The molecule has 0 fully saturated rings. The fourth-order valence-corrected chi connectivity index (χ4v) is 1.62. The molecule has 0 bridgehead atoms. The van der Waals surface area contributed by atoms with Crippen molar-refractivity contribution in [1.82, 2.24) is 0 Å². The maximum absolute atomic E-state index is 13.5. The molecule has 0 atom stereocenters. The molecular formula is C14H8FNO. The Labute approximate surface area is 97.9 Å². The van der Waals surface area contributed by atoms with E-state index in [-0.39, 0.29) is 5.56 Å². The standard InChI is InChI=1S/C14H8FNO/c15-14-7-10(5-6-12(14)9-17)13-4-2-1-3-11(13)8-16/h1-7,9H. The average molecular weight is 225 g/mol. The molecule has 0 amide bonds. The van der Waals surface area contributed by atoms with Gasteiger partial charge in [-0.2, -0.15) is 5.26 Å². The lowest BCUT2D eigenvalue weighted by Crippen LogP contribution is -1.90. The molecule has 0 aliphatic carbocycles. The number of rotatable bonds is 2. The largest absolute Gasteiger partial charge is 0.298 e. The van der Waals surface area contributed by atoms with Crippen LogP contribution in [0.2, 0.25) is 0 Å². The SMILES string of the molecule is N#Cc1ccccc1-c1ccc(C=O)c(F)c1. The third-order valence-corrected chi connectivity index (χ3v) is 2.49. The first kappa shape index (κ1) is 11.0. The second-order valence-corrected chi connectivity index (χ2v) is 3.51. The summed E-state index contributed by atoms with van der Waals surface area (Å²) in [4.78, 5) is 10.5.